The lowest BCUT2D eigenvalue weighted by atomic mass is 10.3. The first-order valence-corrected chi connectivity index (χ1v) is 8.83. The van der Waals surface area contributed by atoms with Crippen LogP contribution in [0.5, 0.6) is 0 Å². The van der Waals surface area contributed by atoms with Crippen LogP contribution >= 0.6 is 11.3 Å². The van der Waals surface area contributed by atoms with E-state index < -0.39 is 10.0 Å². The van der Waals surface area contributed by atoms with Gasteiger partial charge in [0.25, 0.3) is 10.0 Å². The van der Waals surface area contributed by atoms with Crippen LogP contribution in [0.3, 0.4) is 0 Å². The predicted octanol–water partition coefficient (Wildman–Crippen LogP) is 0.239. The summed E-state index contributed by atoms with van der Waals surface area (Å²) in [5.74, 6) is -0.112. The summed E-state index contributed by atoms with van der Waals surface area (Å²) in [6, 6.07) is 0. The Labute approximate surface area is 128 Å². The fraction of sp³-hybridized carbons (Fsp3) is 0.667. The smallest absolute Gasteiger partial charge is 0.254 e. The maximum Gasteiger partial charge on any atom is 0.254 e. The van der Waals surface area contributed by atoms with Gasteiger partial charge in [-0.25, -0.2) is 13.4 Å². The summed E-state index contributed by atoms with van der Waals surface area (Å²) < 4.78 is 31.7. The van der Waals surface area contributed by atoms with Crippen molar-refractivity contribution in [3.8, 4) is 0 Å². The van der Waals surface area contributed by atoms with E-state index in [1.54, 1.807) is 18.7 Å². The Hall–Kier alpha value is -1.03. The standard InChI is InChI=1S/C12H19N3O4S2/c1-9-12(20-10(2)13-9)21(17,18)15-6-4-14(5-7-15)11(16)8-19-3/h4-8H2,1-3H3. The van der Waals surface area contributed by atoms with Crippen molar-refractivity contribution in [3.05, 3.63) is 10.7 Å². The number of aromatic nitrogens is 1. The molecule has 0 radical (unpaired) electrons. The zero-order valence-electron chi connectivity index (χ0n) is 12.3. The Balaban J connectivity index is 2.08. The summed E-state index contributed by atoms with van der Waals surface area (Å²) in [6.45, 7) is 4.89. The first-order valence-electron chi connectivity index (χ1n) is 6.57. The van der Waals surface area contributed by atoms with Gasteiger partial charge in [-0.05, 0) is 13.8 Å². The quantitative estimate of drug-likeness (QED) is 0.788. The first-order chi connectivity index (χ1) is 9.86. The second-order valence-corrected chi connectivity index (χ2v) is 8.16. The molecule has 0 unspecified atom stereocenters. The zero-order valence-corrected chi connectivity index (χ0v) is 14.0. The molecule has 1 aliphatic heterocycles. The van der Waals surface area contributed by atoms with E-state index in [0.717, 1.165) is 5.01 Å². The number of piperazine rings is 1. The first kappa shape index (κ1) is 16.3. The molecule has 2 rings (SSSR count). The highest BCUT2D eigenvalue weighted by atomic mass is 32.2. The minimum absolute atomic E-state index is 0.0277. The molecule has 1 aromatic rings. The van der Waals surface area contributed by atoms with Gasteiger partial charge in [-0.3, -0.25) is 4.79 Å². The van der Waals surface area contributed by atoms with Crippen LogP contribution in [0, 0.1) is 13.8 Å². The van der Waals surface area contributed by atoms with Gasteiger partial charge in [0, 0.05) is 33.3 Å². The zero-order chi connectivity index (χ0) is 15.6. The van der Waals surface area contributed by atoms with Crippen LogP contribution in [0.2, 0.25) is 0 Å². The van der Waals surface area contributed by atoms with Crippen molar-refractivity contribution in [1.29, 1.82) is 0 Å². The molecule has 1 aromatic heterocycles. The summed E-state index contributed by atoms with van der Waals surface area (Å²) in [5.41, 5.74) is 0.537. The van der Waals surface area contributed by atoms with Crippen LogP contribution in [0.15, 0.2) is 4.21 Å². The Kier molecular flexibility index (Phi) is 4.97. The molecule has 0 bridgehead atoms. The van der Waals surface area contributed by atoms with Crippen LogP contribution < -0.4 is 0 Å². The average molecular weight is 333 g/mol. The number of nitrogens with zero attached hydrogens (tertiary/aromatic N) is 3. The molecule has 118 valence electrons. The Bertz CT molecular complexity index is 618. The van der Waals surface area contributed by atoms with Gasteiger partial charge in [0.05, 0.1) is 10.7 Å². The highest BCUT2D eigenvalue weighted by Crippen LogP contribution is 2.26. The summed E-state index contributed by atoms with van der Waals surface area (Å²) in [6.07, 6.45) is 0. The van der Waals surface area contributed by atoms with E-state index in [0.29, 0.717) is 36.1 Å². The highest BCUT2D eigenvalue weighted by Gasteiger charge is 2.32. The van der Waals surface area contributed by atoms with Crippen LogP contribution in [-0.2, 0) is 19.6 Å². The van der Waals surface area contributed by atoms with Crippen molar-refractivity contribution in [3.63, 3.8) is 0 Å². The van der Waals surface area contributed by atoms with E-state index in [9.17, 15) is 13.2 Å². The summed E-state index contributed by atoms with van der Waals surface area (Å²) in [5, 5.41) is 0.736. The summed E-state index contributed by atoms with van der Waals surface area (Å²) in [4.78, 5) is 17.5. The number of amides is 1. The number of aryl methyl sites for hydroxylation is 2. The molecular formula is C12H19N3O4S2. The number of thiazole rings is 1. The van der Waals surface area contributed by atoms with Crippen LogP contribution in [0.4, 0.5) is 0 Å². The molecule has 1 fully saturated rings. The molecular weight excluding hydrogens is 314 g/mol. The number of sulfonamides is 1. The van der Waals surface area contributed by atoms with Crippen molar-refractivity contribution in [2.24, 2.45) is 0 Å². The van der Waals surface area contributed by atoms with E-state index in [4.69, 9.17) is 4.74 Å². The maximum absolute atomic E-state index is 12.6. The van der Waals surface area contributed by atoms with Crippen molar-refractivity contribution in [1.82, 2.24) is 14.2 Å². The van der Waals surface area contributed by atoms with Gasteiger partial charge in [0.1, 0.15) is 6.61 Å². The van der Waals surface area contributed by atoms with E-state index in [2.05, 4.69) is 4.98 Å². The van der Waals surface area contributed by atoms with Gasteiger partial charge in [0.15, 0.2) is 4.21 Å². The lowest BCUT2D eigenvalue weighted by Crippen LogP contribution is -2.51. The van der Waals surface area contributed by atoms with Crippen molar-refractivity contribution in [2.75, 3.05) is 39.9 Å². The molecule has 0 aliphatic carbocycles. The molecule has 0 spiro atoms. The molecule has 1 saturated heterocycles. The number of methoxy groups -OCH3 is 1. The Morgan fingerprint density at radius 1 is 1.29 bits per heavy atom. The molecule has 7 nitrogen and oxygen atoms in total. The second-order valence-electron chi connectivity index (χ2n) is 4.82. The lowest BCUT2D eigenvalue weighted by Gasteiger charge is -2.33. The molecule has 2 heterocycles. The number of rotatable bonds is 4. The molecule has 0 aromatic carbocycles. The average Bonchev–Trinajstić information content (AvgIpc) is 2.79. The van der Waals surface area contributed by atoms with Crippen molar-refractivity contribution in [2.45, 2.75) is 18.1 Å². The molecule has 1 amide bonds. The number of hydrogen-bond acceptors (Lipinski definition) is 6. The monoisotopic (exact) mass is 333 g/mol. The number of carbonyl (C=O) groups excluding carboxylic acids is 1. The van der Waals surface area contributed by atoms with Crippen molar-refractivity contribution < 1.29 is 17.9 Å². The molecule has 9 heteroatoms. The normalized spacial score (nSPS) is 17.2. The molecule has 0 saturated carbocycles. The van der Waals surface area contributed by atoms with Crippen LogP contribution in [0.25, 0.3) is 0 Å². The fourth-order valence-corrected chi connectivity index (χ4v) is 5.30. The van der Waals surface area contributed by atoms with E-state index >= 15 is 0 Å². The third-order valence-corrected chi connectivity index (χ3v) is 6.85. The van der Waals surface area contributed by atoms with Gasteiger partial charge in [-0.1, -0.05) is 0 Å². The summed E-state index contributed by atoms with van der Waals surface area (Å²) in [7, 11) is -2.05. The number of carbonyl (C=O) groups is 1. The van der Waals surface area contributed by atoms with Gasteiger partial charge >= 0.3 is 0 Å². The van der Waals surface area contributed by atoms with E-state index in [1.165, 1.54) is 22.8 Å². The minimum atomic E-state index is -3.51. The Morgan fingerprint density at radius 3 is 2.38 bits per heavy atom. The molecule has 0 atom stereocenters. The Morgan fingerprint density at radius 2 is 1.90 bits per heavy atom. The van der Waals surface area contributed by atoms with Gasteiger partial charge in [0.2, 0.25) is 5.91 Å². The SMILES string of the molecule is COCC(=O)N1CCN(S(=O)(=O)c2sc(C)nc2C)CC1. The third kappa shape index (κ3) is 3.42. The van der Waals surface area contributed by atoms with E-state index in [-0.39, 0.29) is 12.5 Å². The number of ether oxygens (including phenoxy) is 1. The van der Waals surface area contributed by atoms with Crippen molar-refractivity contribution >= 4 is 27.3 Å². The van der Waals surface area contributed by atoms with Crippen LogP contribution in [0.1, 0.15) is 10.7 Å². The highest BCUT2D eigenvalue weighted by molar-refractivity contribution is 7.91. The molecule has 21 heavy (non-hydrogen) atoms. The summed E-state index contributed by atoms with van der Waals surface area (Å²) >= 11 is 1.19. The third-order valence-electron chi connectivity index (χ3n) is 3.29. The lowest BCUT2D eigenvalue weighted by molar-refractivity contribution is -0.136. The maximum atomic E-state index is 12.6. The molecule has 0 N–H and O–H groups in total. The molecule has 1 aliphatic rings. The van der Waals surface area contributed by atoms with E-state index in [1.807, 2.05) is 0 Å². The van der Waals surface area contributed by atoms with Gasteiger partial charge in [-0.15, -0.1) is 11.3 Å². The minimum Gasteiger partial charge on any atom is -0.375 e. The fourth-order valence-electron chi connectivity index (χ4n) is 2.26. The number of hydrogen-bond donors (Lipinski definition) is 0. The van der Waals surface area contributed by atoms with Gasteiger partial charge < -0.3 is 9.64 Å². The largest absolute Gasteiger partial charge is 0.375 e. The topological polar surface area (TPSA) is 79.8 Å². The second kappa shape index (κ2) is 6.39. The predicted molar refractivity (Wildman–Crippen MR) is 78.8 cm³/mol. The van der Waals surface area contributed by atoms with Crippen LogP contribution in [-0.4, -0.2) is 68.4 Å². The van der Waals surface area contributed by atoms with Gasteiger partial charge in [-0.2, -0.15) is 4.31 Å².